The molecule has 0 spiro atoms. The molecule has 0 aliphatic heterocycles. The predicted octanol–water partition coefficient (Wildman–Crippen LogP) is 3.43. The second kappa shape index (κ2) is 4.87. The van der Waals surface area contributed by atoms with Gasteiger partial charge in [-0.1, -0.05) is 23.8 Å². The summed E-state index contributed by atoms with van der Waals surface area (Å²) in [6, 6.07) is 4.04. The molecule has 1 aromatic rings. The van der Waals surface area contributed by atoms with Crippen LogP contribution in [0.3, 0.4) is 0 Å². The lowest BCUT2D eigenvalue weighted by molar-refractivity contribution is 0.360. The molecule has 0 atom stereocenters. The van der Waals surface area contributed by atoms with E-state index in [0.29, 0.717) is 17.4 Å². The largest absolute Gasteiger partial charge is 0.488 e. The van der Waals surface area contributed by atoms with Crippen LogP contribution in [0.15, 0.2) is 30.4 Å². The number of halogens is 2. The number of hydrogen-bond acceptors (Lipinski definition) is 1. The first kappa shape index (κ1) is 10.1. The summed E-state index contributed by atoms with van der Waals surface area (Å²) in [5.41, 5.74) is 0. The topological polar surface area (TPSA) is 9.23 Å². The summed E-state index contributed by atoms with van der Waals surface area (Å²) in [5.74, 6) is 0.0274. The zero-order chi connectivity index (χ0) is 9.68. The maximum Gasteiger partial charge on any atom is 0.141 e. The van der Waals surface area contributed by atoms with Gasteiger partial charge < -0.3 is 4.74 Å². The molecular formula is C10H10ClFO. The van der Waals surface area contributed by atoms with Crippen LogP contribution in [0.5, 0.6) is 5.75 Å². The van der Waals surface area contributed by atoms with Crippen LogP contribution >= 0.6 is 11.6 Å². The minimum Gasteiger partial charge on any atom is -0.488 e. The van der Waals surface area contributed by atoms with E-state index in [1.54, 1.807) is 0 Å². The van der Waals surface area contributed by atoms with E-state index < -0.39 is 0 Å². The molecule has 1 nitrogen and oxygen atoms in total. The monoisotopic (exact) mass is 200 g/mol. The lowest BCUT2D eigenvalue weighted by Gasteiger charge is -2.04. The van der Waals surface area contributed by atoms with Crippen LogP contribution in [-0.2, 0) is 0 Å². The van der Waals surface area contributed by atoms with Gasteiger partial charge in [-0.15, -0.1) is 0 Å². The van der Waals surface area contributed by atoms with E-state index in [1.165, 1.54) is 18.2 Å². The van der Waals surface area contributed by atoms with Crippen molar-refractivity contribution < 1.29 is 9.13 Å². The molecule has 0 amide bonds. The number of rotatable bonds is 3. The zero-order valence-corrected chi connectivity index (χ0v) is 8.01. The van der Waals surface area contributed by atoms with Gasteiger partial charge in [-0.3, -0.25) is 0 Å². The van der Waals surface area contributed by atoms with Crippen LogP contribution in [0.1, 0.15) is 6.92 Å². The molecule has 0 saturated heterocycles. The Morgan fingerprint density at radius 1 is 1.54 bits per heavy atom. The second-order valence-electron chi connectivity index (χ2n) is 2.45. The van der Waals surface area contributed by atoms with Crippen LogP contribution in [0.4, 0.5) is 4.39 Å². The van der Waals surface area contributed by atoms with Gasteiger partial charge in [-0.05, 0) is 19.1 Å². The second-order valence-corrected chi connectivity index (χ2v) is 2.86. The van der Waals surface area contributed by atoms with E-state index in [2.05, 4.69) is 0 Å². The van der Waals surface area contributed by atoms with Gasteiger partial charge in [0.25, 0.3) is 0 Å². The third-order valence-corrected chi connectivity index (χ3v) is 1.78. The van der Waals surface area contributed by atoms with Crippen LogP contribution in [0, 0.1) is 5.82 Å². The summed E-state index contributed by atoms with van der Waals surface area (Å²) in [4.78, 5) is 0. The van der Waals surface area contributed by atoms with E-state index in [9.17, 15) is 4.39 Å². The SMILES string of the molecule is C/C=C/COc1cc(F)ccc1Cl. The maximum atomic E-state index is 12.7. The summed E-state index contributed by atoms with van der Waals surface area (Å²) in [5, 5.41) is 0.422. The molecular weight excluding hydrogens is 191 g/mol. The van der Waals surface area contributed by atoms with Crippen LogP contribution in [0.2, 0.25) is 5.02 Å². The Morgan fingerprint density at radius 3 is 3.00 bits per heavy atom. The van der Waals surface area contributed by atoms with E-state index in [4.69, 9.17) is 16.3 Å². The van der Waals surface area contributed by atoms with E-state index in [-0.39, 0.29) is 5.82 Å². The van der Waals surface area contributed by atoms with E-state index in [0.717, 1.165) is 0 Å². The highest BCUT2D eigenvalue weighted by Crippen LogP contribution is 2.24. The molecule has 1 aromatic carbocycles. The third-order valence-electron chi connectivity index (χ3n) is 1.46. The van der Waals surface area contributed by atoms with Crippen molar-refractivity contribution in [2.45, 2.75) is 6.92 Å². The van der Waals surface area contributed by atoms with Gasteiger partial charge in [0.1, 0.15) is 18.2 Å². The van der Waals surface area contributed by atoms with Crippen LogP contribution in [0.25, 0.3) is 0 Å². The first-order chi connectivity index (χ1) is 6.24. The van der Waals surface area contributed by atoms with Gasteiger partial charge in [0.05, 0.1) is 5.02 Å². The fourth-order valence-corrected chi connectivity index (χ4v) is 0.994. The highest BCUT2D eigenvalue weighted by molar-refractivity contribution is 6.32. The Morgan fingerprint density at radius 2 is 2.31 bits per heavy atom. The Kier molecular flexibility index (Phi) is 3.77. The molecule has 0 heterocycles. The Bertz CT molecular complexity index is 310. The van der Waals surface area contributed by atoms with E-state index >= 15 is 0 Å². The molecule has 0 radical (unpaired) electrons. The van der Waals surface area contributed by atoms with Crippen molar-refractivity contribution in [2.24, 2.45) is 0 Å². The van der Waals surface area contributed by atoms with Gasteiger partial charge in [-0.2, -0.15) is 0 Å². The first-order valence-corrected chi connectivity index (χ1v) is 4.31. The molecule has 0 fully saturated rings. The highest BCUT2D eigenvalue weighted by Gasteiger charge is 2.01. The molecule has 0 aliphatic carbocycles. The van der Waals surface area contributed by atoms with Gasteiger partial charge in [0.15, 0.2) is 0 Å². The van der Waals surface area contributed by atoms with Crippen molar-refractivity contribution in [1.29, 1.82) is 0 Å². The Balaban J connectivity index is 2.69. The Hall–Kier alpha value is -1.02. The number of hydrogen-bond donors (Lipinski definition) is 0. The smallest absolute Gasteiger partial charge is 0.141 e. The predicted molar refractivity (Wildman–Crippen MR) is 51.7 cm³/mol. The third kappa shape index (κ3) is 3.07. The lowest BCUT2D eigenvalue weighted by Crippen LogP contribution is -1.94. The maximum absolute atomic E-state index is 12.7. The molecule has 0 N–H and O–H groups in total. The van der Waals surface area contributed by atoms with Crippen molar-refractivity contribution >= 4 is 11.6 Å². The fourth-order valence-electron chi connectivity index (χ4n) is 0.822. The molecule has 13 heavy (non-hydrogen) atoms. The molecule has 1 rings (SSSR count). The molecule has 3 heteroatoms. The minimum absolute atomic E-state index is 0.347. The summed E-state index contributed by atoms with van der Waals surface area (Å²) < 4.78 is 17.9. The molecule has 0 aliphatic rings. The van der Waals surface area contributed by atoms with Crippen molar-refractivity contribution in [3.8, 4) is 5.75 Å². The van der Waals surface area contributed by atoms with Crippen molar-refractivity contribution in [3.05, 3.63) is 41.2 Å². The average molecular weight is 201 g/mol. The fraction of sp³-hybridized carbons (Fsp3) is 0.200. The highest BCUT2D eigenvalue weighted by atomic mass is 35.5. The number of ether oxygens (including phenoxy) is 1. The van der Waals surface area contributed by atoms with Crippen molar-refractivity contribution in [1.82, 2.24) is 0 Å². The summed E-state index contributed by atoms with van der Waals surface area (Å²) in [6.07, 6.45) is 3.68. The normalized spacial score (nSPS) is 10.7. The number of benzene rings is 1. The van der Waals surface area contributed by atoms with Crippen molar-refractivity contribution in [2.75, 3.05) is 6.61 Å². The molecule has 70 valence electrons. The van der Waals surface area contributed by atoms with Gasteiger partial charge in [-0.25, -0.2) is 4.39 Å². The number of allylic oxidation sites excluding steroid dienone is 1. The quantitative estimate of drug-likeness (QED) is 0.680. The van der Waals surface area contributed by atoms with Gasteiger partial charge >= 0.3 is 0 Å². The summed E-state index contributed by atoms with van der Waals surface area (Å²) in [7, 11) is 0. The summed E-state index contributed by atoms with van der Waals surface area (Å²) in [6.45, 7) is 2.29. The van der Waals surface area contributed by atoms with Crippen molar-refractivity contribution in [3.63, 3.8) is 0 Å². The zero-order valence-electron chi connectivity index (χ0n) is 7.26. The van der Waals surface area contributed by atoms with Gasteiger partial charge in [0.2, 0.25) is 0 Å². The standard InChI is InChI=1S/C10H10ClFO/c1-2-3-6-13-10-7-8(12)4-5-9(10)11/h2-5,7H,6H2,1H3/b3-2+. The Labute approximate surface area is 81.8 Å². The minimum atomic E-state index is -0.347. The lowest BCUT2D eigenvalue weighted by atomic mass is 10.3. The van der Waals surface area contributed by atoms with Crippen LogP contribution < -0.4 is 4.74 Å². The van der Waals surface area contributed by atoms with Crippen LogP contribution in [-0.4, -0.2) is 6.61 Å². The average Bonchev–Trinajstić information content (AvgIpc) is 2.11. The summed E-state index contributed by atoms with van der Waals surface area (Å²) >= 11 is 5.76. The molecule has 0 saturated carbocycles. The molecule has 0 unspecified atom stereocenters. The molecule has 0 aromatic heterocycles. The molecule has 0 bridgehead atoms. The first-order valence-electron chi connectivity index (χ1n) is 3.93. The van der Waals surface area contributed by atoms with E-state index in [1.807, 2.05) is 19.1 Å². The van der Waals surface area contributed by atoms with Gasteiger partial charge in [0, 0.05) is 6.07 Å².